The first-order chi connectivity index (χ1) is 9.81. The number of pyridine rings is 1. The number of para-hydroxylation sites is 2. The van der Waals surface area contributed by atoms with E-state index < -0.39 is 0 Å². The molecule has 0 unspecified atom stereocenters. The highest BCUT2D eigenvalue weighted by atomic mass is 15.3. The second-order valence-corrected chi connectivity index (χ2v) is 4.59. The summed E-state index contributed by atoms with van der Waals surface area (Å²) in [6, 6.07) is 13.9. The van der Waals surface area contributed by atoms with E-state index in [1.165, 1.54) is 0 Å². The van der Waals surface area contributed by atoms with Crippen LogP contribution in [-0.4, -0.2) is 28.1 Å². The molecule has 5 nitrogen and oxygen atoms in total. The number of fused-ring (bicyclic) bond motifs is 1. The molecule has 2 N–H and O–H groups in total. The van der Waals surface area contributed by atoms with Gasteiger partial charge in [-0.1, -0.05) is 18.2 Å². The fourth-order valence-corrected chi connectivity index (χ4v) is 2.32. The summed E-state index contributed by atoms with van der Waals surface area (Å²) in [7, 11) is 1.97. The number of benzene rings is 1. The number of rotatable bonds is 4. The summed E-state index contributed by atoms with van der Waals surface area (Å²) in [5.41, 5.74) is 7.80. The van der Waals surface area contributed by atoms with Gasteiger partial charge in [0.05, 0.1) is 11.0 Å². The maximum absolute atomic E-state index is 5.74. The third-order valence-electron chi connectivity index (χ3n) is 3.28. The smallest absolute Gasteiger partial charge is 0.212 e. The largest absolute Gasteiger partial charge is 0.329 e. The van der Waals surface area contributed by atoms with Crippen molar-refractivity contribution in [2.24, 2.45) is 5.73 Å². The zero-order valence-electron chi connectivity index (χ0n) is 11.4. The van der Waals surface area contributed by atoms with Gasteiger partial charge in [-0.15, -0.1) is 0 Å². The monoisotopic (exact) mass is 267 g/mol. The second-order valence-electron chi connectivity index (χ2n) is 4.59. The highest BCUT2D eigenvalue weighted by Crippen LogP contribution is 2.25. The summed E-state index contributed by atoms with van der Waals surface area (Å²) in [6.07, 6.45) is 1.78. The molecule has 2 aromatic heterocycles. The lowest BCUT2D eigenvalue weighted by atomic mass is 10.3. The summed E-state index contributed by atoms with van der Waals surface area (Å²) in [5, 5.41) is 0. The molecule has 0 bridgehead atoms. The first kappa shape index (κ1) is 12.6. The average molecular weight is 267 g/mol. The van der Waals surface area contributed by atoms with Crippen LogP contribution >= 0.6 is 0 Å². The molecule has 102 valence electrons. The van der Waals surface area contributed by atoms with Gasteiger partial charge >= 0.3 is 0 Å². The van der Waals surface area contributed by atoms with Crippen molar-refractivity contribution in [3.8, 4) is 0 Å². The normalized spacial score (nSPS) is 10.9. The van der Waals surface area contributed by atoms with Crippen LogP contribution in [0.1, 0.15) is 0 Å². The molecule has 0 fully saturated rings. The number of hydrogen-bond donors (Lipinski definition) is 1. The Hall–Kier alpha value is -2.40. The lowest BCUT2D eigenvalue weighted by molar-refractivity contribution is 0.722. The molecule has 5 heteroatoms. The van der Waals surface area contributed by atoms with E-state index in [1.807, 2.05) is 48.3 Å². The molecule has 0 saturated heterocycles. The van der Waals surface area contributed by atoms with Crippen LogP contribution in [0.25, 0.3) is 11.0 Å². The van der Waals surface area contributed by atoms with Crippen LogP contribution in [0.4, 0.5) is 11.8 Å². The molecule has 0 atom stereocenters. The third-order valence-corrected chi connectivity index (χ3v) is 3.28. The molecule has 0 aliphatic heterocycles. The summed E-state index contributed by atoms with van der Waals surface area (Å²) in [4.78, 5) is 11.1. The van der Waals surface area contributed by atoms with Gasteiger partial charge in [0.2, 0.25) is 5.95 Å². The van der Waals surface area contributed by atoms with Crippen LogP contribution < -0.4 is 10.6 Å². The minimum absolute atomic E-state index is 0.573. The first-order valence-corrected chi connectivity index (χ1v) is 6.61. The first-order valence-electron chi connectivity index (χ1n) is 6.61. The Morgan fingerprint density at radius 1 is 1.15 bits per heavy atom. The second kappa shape index (κ2) is 5.30. The molecule has 1 aromatic carbocycles. The van der Waals surface area contributed by atoms with Crippen molar-refractivity contribution in [3.63, 3.8) is 0 Å². The molecule has 2 heterocycles. The Balaban J connectivity index is 2.12. The zero-order valence-corrected chi connectivity index (χ0v) is 11.4. The quantitative estimate of drug-likeness (QED) is 0.787. The van der Waals surface area contributed by atoms with Crippen LogP contribution in [-0.2, 0) is 6.54 Å². The summed E-state index contributed by atoms with van der Waals surface area (Å²) < 4.78 is 2.13. The Kier molecular flexibility index (Phi) is 3.35. The summed E-state index contributed by atoms with van der Waals surface area (Å²) >= 11 is 0. The van der Waals surface area contributed by atoms with E-state index in [9.17, 15) is 0 Å². The predicted octanol–water partition coefficient (Wildman–Crippen LogP) is 2.16. The van der Waals surface area contributed by atoms with Gasteiger partial charge in [-0.05, 0) is 24.3 Å². The van der Waals surface area contributed by atoms with Crippen molar-refractivity contribution in [3.05, 3.63) is 48.7 Å². The fourth-order valence-electron chi connectivity index (χ4n) is 2.32. The molecular weight excluding hydrogens is 250 g/mol. The van der Waals surface area contributed by atoms with Crippen molar-refractivity contribution in [2.45, 2.75) is 6.54 Å². The van der Waals surface area contributed by atoms with Gasteiger partial charge in [0.15, 0.2) is 0 Å². The van der Waals surface area contributed by atoms with Crippen molar-refractivity contribution < 1.29 is 0 Å². The third kappa shape index (κ3) is 2.12. The average Bonchev–Trinajstić information content (AvgIpc) is 2.87. The molecule has 20 heavy (non-hydrogen) atoms. The molecule has 3 rings (SSSR count). The van der Waals surface area contributed by atoms with E-state index in [0.29, 0.717) is 6.54 Å². The van der Waals surface area contributed by atoms with E-state index in [0.717, 1.165) is 29.3 Å². The SMILES string of the molecule is CN(c1ccccn1)c1nc2ccccc2n1CCN. The molecular formula is C15H17N5. The van der Waals surface area contributed by atoms with E-state index in [4.69, 9.17) is 10.7 Å². The van der Waals surface area contributed by atoms with E-state index >= 15 is 0 Å². The topological polar surface area (TPSA) is 60.0 Å². The van der Waals surface area contributed by atoms with Gasteiger partial charge < -0.3 is 10.3 Å². The Morgan fingerprint density at radius 3 is 2.70 bits per heavy atom. The molecule has 0 spiro atoms. The standard InChI is InChI=1S/C15H17N5/c1-19(14-8-4-5-10-17-14)15-18-12-6-2-3-7-13(12)20(15)11-9-16/h2-8,10H,9,11,16H2,1H3. The molecule has 3 aromatic rings. The Bertz CT molecular complexity index is 705. The van der Waals surface area contributed by atoms with E-state index in [1.54, 1.807) is 6.20 Å². The minimum Gasteiger partial charge on any atom is -0.329 e. The number of imidazole rings is 1. The van der Waals surface area contributed by atoms with Crippen LogP contribution in [0.2, 0.25) is 0 Å². The van der Waals surface area contributed by atoms with Gasteiger partial charge in [0.1, 0.15) is 5.82 Å². The minimum atomic E-state index is 0.573. The highest BCUT2D eigenvalue weighted by molar-refractivity contribution is 5.79. The van der Waals surface area contributed by atoms with Crippen molar-refractivity contribution in [1.29, 1.82) is 0 Å². The van der Waals surface area contributed by atoms with Crippen molar-refractivity contribution in [2.75, 3.05) is 18.5 Å². The Labute approximate surface area is 117 Å². The van der Waals surface area contributed by atoms with E-state index in [2.05, 4.69) is 15.6 Å². The number of hydrogen-bond acceptors (Lipinski definition) is 4. The van der Waals surface area contributed by atoms with Crippen molar-refractivity contribution in [1.82, 2.24) is 14.5 Å². The van der Waals surface area contributed by atoms with Gasteiger partial charge in [0, 0.05) is 26.3 Å². The van der Waals surface area contributed by atoms with Crippen LogP contribution in [0.3, 0.4) is 0 Å². The number of nitrogens with zero attached hydrogens (tertiary/aromatic N) is 4. The highest BCUT2D eigenvalue weighted by Gasteiger charge is 2.15. The van der Waals surface area contributed by atoms with Gasteiger partial charge in [0.25, 0.3) is 0 Å². The maximum Gasteiger partial charge on any atom is 0.212 e. The lowest BCUT2D eigenvalue weighted by Crippen LogP contribution is -2.19. The van der Waals surface area contributed by atoms with Crippen LogP contribution in [0.15, 0.2) is 48.7 Å². The molecule has 0 aliphatic rings. The fraction of sp³-hybridized carbons (Fsp3) is 0.200. The van der Waals surface area contributed by atoms with Crippen molar-refractivity contribution >= 4 is 22.8 Å². The number of anilines is 2. The predicted molar refractivity (Wildman–Crippen MR) is 81.1 cm³/mol. The zero-order chi connectivity index (χ0) is 13.9. The van der Waals surface area contributed by atoms with Gasteiger partial charge in [-0.3, -0.25) is 4.90 Å². The molecule has 0 radical (unpaired) electrons. The van der Waals surface area contributed by atoms with E-state index in [-0.39, 0.29) is 0 Å². The number of nitrogens with two attached hydrogens (primary N) is 1. The van der Waals surface area contributed by atoms with Crippen LogP contribution in [0, 0.1) is 0 Å². The Morgan fingerprint density at radius 2 is 1.95 bits per heavy atom. The summed E-state index contributed by atoms with van der Waals surface area (Å²) in [6.45, 7) is 1.30. The molecule has 0 aliphatic carbocycles. The van der Waals surface area contributed by atoms with Crippen LogP contribution in [0.5, 0.6) is 0 Å². The number of aromatic nitrogens is 3. The summed E-state index contributed by atoms with van der Waals surface area (Å²) in [5.74, 6) is 1.72. The lowest BCUT2D eigenvalue weighted by Gasteiger charge is -2.18. The van der Waals surface area contributed by atoms with Gasteiger partial charge in [-0.2, -0.15) is 0 Å². The molecule has 0 saturated carbocycles. The molecule has 0 amide bonds. The van der Waals surface area contributed by atoms with Gasteiger partial charge in [-0.25, -0.2) is 9.97 Å². The maximum atomic E-state index is 5.74.